The normalized spacial score (nSPS) is 10.3. The molecule has 5 nitrogen and oxygen atoms in total. The van der Waals surface area contributed by atoms with Crippen LogP contribution in [0.15, 0.2) is 65.1 Å². The van der Waals surface area contributed by atoms with Crippen LogP contribution in [0.2, 0.25) is 5.02 Å². The summed E-state index contributed by atoms with van der Waals surface area (Å²) in [6.07, 6.45) is 1.64. The summed E-state index contributed by atoms with van der Waals surface area (Å²) in [6.45, 7) is 0. The molecule has 8 heteroatoms. The number of anilines is 1. The first-order valence-corrected chi connectivity index (χ1v) is 8.90. The Morgan fingerprint density at radius 1 is 1.15 bits per heavy atom. The number of halogens is 2. The molecule has 0 aliphatic rings. The van der Waals surface area contributed by atoms with Crippen LogP contribution < -0.4 is 14.9 Å². The van der Waals surface area contributed by atoms with Crippen LogP contribution in [0, 0.1) is 0 Å². The number of hydrazone groups is 1. The molecule has 0 aliphatic carbocycles. The Morgan fingerprint density at radius 3 is 2.59 bits per heavy atom. The van der Waals surface area contributed by atoms with Crippen molar-refractivity contribution in [2.45, 2.75) is 0 Å². The van der Waals surface area contributed by atoms with E-state index in [4.69, 9.17) is 21.1 Å². The standard InChI is InChI=1S/C19H15ClN2O3S.ClH/c1-24-17-11-13(12-21-22-15-7-5-14(20)6-8-15)4-9-16(17)25-19(23)18-3-2-10-26-18;/h2-12,22H,1H3;1H. The Balaban J connectivity index is 0.00000261. The lowest BCUT2D eigenvalue weighted by Gasteiger charge is -2.09. The third-order valence-electron chi connectivity index (χ3n) is 3.36. The molecule has 2 aromatic carbocycles. The molecule has 1 aromatic heterocycles. The van der Waals surface area contributed by atoms with Crippen molar-refractivity contribution in [1.29, 1.82) is 0 Å². The summed E-state index contributed by atoms with van der Waals surface area (Å²) in [4.78, 5) is 12.6. The summed E-state index contributed by atoms with van der Waals surface area (Å²) in [5.41, 5.74) is 4.52. The van der Waals surface area contributed by atoms with Gasteiger partial charge in [-0.25, -0.2) is 4.79 Å². The van der Waals surface area contributed by atoms with E-state index in [1.54, 1.807) is 48.7 Å². The van der Waals surface area contributed by atoms with Gasteiger partial charge in [0, 0.05) is 5.02 Å². The fraction of sp³-hybridized carbons (Fsp3) is 0.0526. The molecule has 0 saturated carbocycles. The van der Waals surface area contributed by atoms with Gasteiger partial charge < -0.3 is 9.47 Å². The highest BCUT2D eigenvalue weighted by Crippen LogP contribution is 2.29. The van der Waals surface area contributed by atoms with E-state index in [9.17, 15) is 4.79 Å². The van der Waals surface area contributed by atoms with E-state index in [0.717, 1.165) is 11.3 Å². The number of carbonyl (C=O) groups excluding carboxylic acids is 1. The molecular formula is C19H16Cl2N2O3S. The molecule has 0 bridgehead atoms. The first-order valence-electron chi connectivity index (χ1n) is 7.64. The monoisotopic (exact) mass is 422 g/mol. The van der Waals surface area contributed by atoms with Crippen LogP contribution in [0.4, 0.5) is 5.69 Å². The minimum absolute atomic E-state index is 0. The van der Waals surface area contributed by atoms with Crippen molar-refractivity contribution in [3.05, 3.63) is 75.4 Å². The molecule has 3 aromatic rings. The molecule has 0 saturated heterocycles. The molecule has 0 aliphatic heterocycles. The van der Waals surface area contributed by atoms with Crippen molar-refractivity contribution in [1.82, 2.24) is 0 Å². The maximum Gasteiger partial charge on any atom is 0.353 e. The van der Waals surface area contributed by atoms with Gasteiger partial charge in [0.1, 0.15) is 4.88 Å². The van der Waals surface area contributed by atoms with Crippen molar-refractivity contribution in [2.75, 3.05) is 12.5 Å². The van der Waals surface area contributed by atoms with Crippen LogP contribution in [-0.4, -0.2) is 19.3 Å². The van der Waals surface area contributed by atoms with Crippen LogP contribution in [-0.2, 0) is 0 Å². The lowest BCUT2D eigenvalue weighted by molar-refractivity contribution is 0.0735. The number of nitrogens with one attached hydrogen (secondary N) is 1. The lowest BCUT2D eigenvalue weighted by atomic mass is 10.2. The Bertz CT molecular complexity index is 913. The second kappa shape index (κ2) is 9.97. The third-order valence-corrected chi connectivity index (χ3v) is 4.47. The van der Waals surface area contributed by atoms with E-state index in [-0.39, 0.29) is 12.4 Å². The molecule has 0 atom stereocenters. The second-order valence-corrected chi connectivity index (χ2v) is 6.54. The minimum atomic E-state index is -0.413. The molecule has 1 N–H and O–H groups in total. The maximum atomic E-state index is 12.1. The van der Waals surface area contributed by atoms with Crippen LogP contribution in [0.5, 0.6) is 11.5 Å². The van der Waals surface area contributed by atoms with Crippen LogP contribution in [0.25, 0.3) is 0 Å². The third kappa shape index (κ3) is 5.72. The summed E-state index contributed by atoms with van der Waals surface area (Å²) in [7, 11) is 1.52. The summed E-state index contributed by atoms with van der Waals surface area (Å²) in [5, 5.41) is 6.65. The zero-order chi connectivity index (χ0) is 18.4. The van der Waals surface area contributed by atoms with Gasteiger partial charge in [-0.1, -0.05) is 17.7 Å². The Morgan fingerprint density at radius 2 is 1.93 bits per heavy atom. The number of thiophene rings is 1. The van der Waals surface area contributed by atoms with Crippen molar-refractivity contribution < 1.29 is 14.3 Å². The summed E-state index contributed by atoms with van der Waals surface area (Å²) in [6, 6.07) is 15.9. The van der Waals surface area contributed by atoms with Crippen molar-refractivity contribution in [2.24, 2.45) is 5.10 Å². The summed E-state index contributed by atoms with van der Waals surface area (Å²) in [5.74, 6) is 0.392. The number of nitrogens with zero attached hydrogens (tertiary/aromatic N) is 1. The number of esters is 1. The predicted octanol–water partition coefficient (Wildman–Crippen LogP) is 5.50. The van der Waals surface area contributed by atoms with Gasteiger partial charge in [0.2, 0.25) is 0 Å². The maximum absolute atomic E-state index is 12.1. The number of rotatable bonds is 6. The number of methoxy groups -OCH3 is 1. The Hall–Kier alpha value is -2.54. The fourth-order valence-corrected chi connectivity index (χ4v) is 2.82. The number of hydrogen-bond donors (Lipinski definition) is 1. The van der Waals surface area contributed by atoms with Gasteiger partial charge in [-0.2, -0.15) is 5.10 Å². The Kier molecular flexibility index (Phi) is 7.67. The van der Waals surface area contributed by atoms with Gasteiger partial charge in [-0.05, 0) is 59.5 Å². The first-order chi connectivity index (χ1) is 12.7. The van der Waals surface area contributed by atoms with Gasteiger partial charge in [0.15, 0.2) is 11.5 Å². The van der Waals surface area contributed by atoms with E-state index in [2.05, 4.69) is 10.5 Å². The summed E-state index contributed by atoms with van der Waals surface area (Å²) < 4.78 is 10.7. The predicted molar refractivity (Wildman–Crippen MR) is 112 cm³/mol. The number of benzene rings is 2. The van der Waals surface area contributed by atoms with Crippen molar-refractivity contribution in [3.63, 3.8) is 0 Å². The molecule has 140 valence electrons. The van der Waals surface area contributed by atoms with Gasteiger partial charge >= 0.3 is 5.97 Å². The second-order valence-electron chi connectivity index (χ2n) is 5.15. The zero-order valence-electron chi connectivity index (χ0n) is 14.2. The fourth-order valence-electron chi connectivity index (χ4n) is 2.10. The molecule has 27 heavy (non-hydrogen) atoms. The first kappa shape index (κ1) is 20.8. The molecule has 1 heterocycles. The van der Waals surface area contributed by atoms with E-state index >= 15 is 0 Å². The molecule has 3 rings (SSSR count). The highest BCUT2D eigenvalue weighted by atomic mass is 35.5. The molecule has 0 radical (unpaired) electrons. The van der Waals surface area contributed by atoms with Gasteiger partial charge in [-0.15, -0.1) is 23.7 Å². The summed E-state index contributed by atoms with van der Waals surface area (Å²) >= 11 is 7.17. The molecule has 0 unspecified atom stereocenters. The average Bonchev–Trinajstić information content (AvgIpc) is 3.19. The van der Waals surface area contributed by atoms with Crippen molar-refractivity contribution >= 4 is 53.2 Å². The van der Waals surface area contributed by atoms with E-state index in [0.29, 0.717) is 21.4 Å². The van der Waals surface area contributed by atoms with Gasteiger partial charge in [-0.3, -0.25) is 5.43 Å². The molecule has 0 fully saturated rings. The highest BCUT2D eigenvalue weighted by molar-refractivity contribution is 7.12. The van der Waals surface area contributed by atoms with Crippen LogP contribution >= 0.6 is 35.3 Å². The number of hydrogen-bond acceptors (Lipinski definition) is 6. The Labute approximate surface area is 172 Å². The minimum Gasteiger partial charge on any atom is -0.493 e. The molecule has 0 spiro atoms. The molecular weight excluding hydrogens is 407 g/mol. The van der Waals surface area contributed by atoms with Crippen LogP contribution in [0.3, 0.4) is 0 Å². The number of ether oxygens (including phenoxy) is 2. The average molecular weight is 423 g/mol. The molecule has 0 amide bonds. The van der Waals surface area contributed by atoms with Crippen LogP contribution in [0.1, 0.15) is 15.2 Å². The lowest BCUT2D eigenvalue weighted by Crippen LogP contribution is -2.07. The van der Waals surface area contributed by atoms with Crippen molar-refractivity contribution in [3.8, 4) is 11.5 Å². The van der Waals surface area contributed by atoms with Gasteiger partial charge in [0.05, 0.1) is 19.0 Å². The van der Waals surface area contributed by atoms with Gasteiger partial charge in [0.25, 0.3) is 0 Å². The quantitative estimate of drug-likeness (QED) is 0.246. The number of carbonyl (C=O) groups is 1. The topological polar surface area (TPSA) is 59.9 Å². The van der Waals surface area contributed by atoms with E-state index in [1.807, 2.05) is 17.5 Å². The highest BCUT2D eigenvalue weighted by Gasteiger charge is 2.13. The largest absolute Gasteiger partial charge is 0.493 e. The smallest absolute Gasteiger partial charge is 0.353 e. The van der Waals surface area contributed by atoms with E-state index < -0.39 is 5.97 Å². The van der Waals surface area contributed by atoms with E-state index in [1.165, 1.54) is 18.4 Å². The SMILES string of the molecule is COc1cc(C=NNc2ccc(Cl)cc2)ccc1OC(=O)c1cccs1.Cl. The zero-order valence-corrected chi connectivity index (χ0v) is 16.6.